The standard InChI is InChI=1S/C10H15FO2Si/c1-12-14(3,13-2)8-9-5-4-6-10(11)7-9/h4-7H,8H2,1-3H3. The van der Waals surface area contributed by atoms with E-state index in [0.29, 0.717) is 6.04 Å². The number of hydrogen-bond donors (Lipinski definition) is 0. The molecule has 0 aliphatic carbocycles. The van der Waals surface area contributed by atoms with Crippen LogP contribution in [0.5, 0.6) is 0 Å². The average molecular weight is 214 g/mol. The molecule has 0 aliphatic heterocycles. The van der Waals surface area contributed by atoms with E-state index >= 15 is 0 Å². The van der Waals surface area contributed by atoms with Gasteiger partial charge in [-0.15, -0.1) is 0 Å². The Hall–Kier alpha value is -0.713. The van der Waals surface area contributed by atoms with Gasteiger partial charge in [0.2, 0.25) is 0 Å². The predicted molar refractivity (Wildman–Crippen MR) is 55.7 cm³/mol. The first-order valence-corrected chi connectivity index (χ1v) is 6.97. The molecule has 1 rings (SSSR count). The van der Waals surface area contributed by atoms with Crippen LogP contribution in [0.4, 0.5) is 4.39 Å². The number of halogens is 1. The highest BCUT2D eigenvalue weighted by atomic mass is 28.4. The molecule has 0 saturated carbocycles. The summed E-state index contributed by atoms with van der Waals surface area (Å²) < 4.78 is 23.5. The van der Waals surface area contributed by atoms with E-state index in [-0.39, 0.29) is 5.82 Å². The van der Waals surface area contributed by atoms with Crippen LogP contribution in [-0.2, 0) is 14.9 Å². The van der Waals surface area contributed by atoms with E-state index in [9.17, 15) is 4.39 Å². The van der Waals surface area contributed by atoms with Gasteiger partial charge in [0, 0.05) is 20.3 Å². The fourth-order valence-corrected chi connectivity index (χ4v) is 2.66. The number of rotatable bonds is 4. The van der Waals surface area contributed by atoms with Crippen LogP contribution in [0.15, 0.2) is 24.3 Å². The summed E-state index contributed by atoms with van der Waals surface area (Å²) in [6, 6.07) is 7.19. The molecule has 78 valence electrons. The van der Waals surface area contributed by atoms with Gasteiger partial charge in [0.1, 0.15) is 5.82 Å². The van der Waals surface area contributed by atoms with Crippen LogP contribution >= 0.6 is 0 Å². The first kappa shape index (κ1) is 11.4. The summed E-state index contributed by atoms with van der Waals surface area (Å²) >= 11 is 0. The summed E-state index contributed by atoms with van der Waals surface area (Å²) in [5.41, 5.74) is 0.919. The molecular formula is C10H15FO2Si. The van der Waals surface area contributed by atoms with Crippen LogP contribution < -0.4 is 0 Å². The van der Waals surface area contributed by atoms with Crippen molar-refractivity contribution in [2.45, 2.75) is 12.6 Å². The molecule has 1 aromatic rings. The lowest BCUT2D eigenvalue weighted by Crippen LogP contribution is -2.39. The smallest absolute Gasteiger partial charge is 0.338 e. The van der Waals surface area contributed by atoms with Crippen LogP contribution in [0.2, 0.25) is 6.55 Å². The fourth-order valence-electron chi connectivity index (χ4n) is 1.25. The molecule has 0 radical (unpaired) electrons. The van der Waals surface area contributed by atoms with Crippen molar-refractivity contribution in [3.05, 3.63) is 35.6 Å². The average Bonchev–Trinajstić information content (AvgIpc) is 2.18. The van der Waals surface area contributed by atoms with Gasteiger partial charge in [-0.2, -0.15) is 0 Å². The highest BCUT2D eigenvalue weighted by molar-refractivity contribution is 6.65. The maximum atomic E-state index is 12.9. The molecule has 14 heavy (non-hydrogen) atoms. The molecule has 0 atom stereocenters. The van der Waals surface area contributed by atoms with Gasteiger partial charge in [-0.3, -0.25) is 0 Å². The van der Waals surface area contributed by atoms with Crippen LogP contribution in [0, 0.1) is 5.82 Å². The Bertz CT molecular complexity index is 300. The minimum atomic E-state index is -2.13. The van der Waals surface area contributed by atoms with Gasteiger partial charge in [0.25, 0.3) is 0 Å². The van der Waals surface area contributed by atoms with E-state index in [1.807, 2.05) is 12.6 Å². The minimum absolute atomic E-state index is 0.217. The maximum absolute atomic E-state index is 12.9. The number of hydrogen-bond acceptors (Lipinski definition) is 2. The van der Waals surface area contributed by atoms with Crippen molar-refractivity contribution in [2.75, 3.05) is 14.2 Å². The van der Waals surface area contributed by atoms with Crippen molar-refractivity contribution in [3.63, 3.8) is 0 Å². The third kappa shape index (κ3) is 2.90. The SMILES string of the molecule is CO[Si](C)(Cc1cccc(F)c1)OC. The van der Waals surface area contributed by atoms with E-state index < -0.39 is 8.56 Å². The van der Waals surface area contributed by atoms with Gasteiger partial charge in [0.15, 0.2) is 0 Å². The lowest BCUT2D eigenvalue weighted by molar-refractivity contribution is 0.249. The minimum Gasteiger partial charge on any atom is -0.398 e. The van der Waals surface area contributed by atoms with Gasteiger partial charge >= 0.3 is 8.56 Å². The lowest BCUT2D eigenvalue weighted by Gasteiger charge is -2.22. The fraction of sp³-hybridized carbons (Fsp3) is 0.400. The van der Waals surface area contributed by atoms with Crippen LogP contribution in [-0.4, -0.2) is 22.8 Å². The Labute approximate surface area is 84.9 Å². The molecular weight excluding hydrogens is 199 g/mol. The monoisotopic (exact) mass is 214 g/mol. The predicted octanol–water partition coefficient (Wildman–Crippen LogP) is 2.27. The third-order valence-electron chi connectivity index (χ3n) is 2.28. The van der Waals surface area contributed by atoms with E-state index in [4.69, 9.17) is 8.85 Å². The zero-order valence-electron chi connectivity index (χ0n) is 8.71. The number of benzene rings is 1. The molecule has 0 aromatic heterocycles. The normalized spacial score (nSPS) is 11.7. The molecule has 0 heterocycles. The first-order chi connectivity index (χ1) is 6.59. The van der Waals surface area contributed by atoms with E-state index in [0.717, 1.165) is 5.56 Å². The van der Waals surface area contributed by atoms with E-state index in [1.54, 1.807) is 20.3 Å². The topological polar surface area (TPSA) is 18.5 Å². The van der Waals surface area contributed by atoms with Gasteiger partial charge < -0.3 is 8.85 Å². The molecule has 0 bridgehead atoms. The quantitative estimate of drug-likeness (QED) is 0.716. The second kappa shape index (κ2) is 4.68. The van der Waals surface area contributed by atoms with Crippen LogP contribution in [0.3, 0.4) is 0 Å². The molecule has 0 N–H and O–H groups in total. The highest BCUT2D eigenvalue weighted by Crippen LogP contribution is 2.14. The molecule has 0 saturated heterocycles. The van der Waals surface area contributed by atoms with Gasteiger partial charge in [-0.1, -0.05) is 12.1 Å². The summed E-state index contributed by atoms with van der Waals surface area (Å²) in [6.07, 6.45) is 0. The first-order valence-electron chi connectivity index (χ1n) is 4.44. The summed E-state index contributed by atoms with van der Waals surface area (Å²) in [4.78, 5) is 0. The third-order valence-corrected chi connectivity index (χ3v) is 5.06. The summed E-state index contributed by atoms with van der Waals surface area (Å²) in [5, 5.41) is 0. The Balaban J connectivity index is 2.77. The maximum Gasteiger partial charge on any atom is 0.338 e. The second-order valence-electron chi connectivity index (χ2n) is 3.35. The van der Waals surface area contributed by atoms with Crippen molar-refractivity contribution in [1.82, 2.24) is 0 Å². The van der Waals surface area contributed by atoms with Crippen molar-refractivity contribution in [1.29, 1.82) is 0 Å². The van der Waals surface area contributed by atoms with Crippen LogP contribution in [0.25, 0.3) is 0 Å². The van der Waals surface area contributed by atoms with Crippen molar-refractivity contribution < 1.29 is 13.2 Å². The molecule has 0 spiro atoms. The molecule has 0 aliphatic rings. The zero-order valence-corrected chi connectivity index (χ0v) is 9.71. The summed E-state index contributed by atoms with van der Waals surface area (Å²) in [5.74, 6) is -0.217. The van der Waals surface area contributed by atoms with Crippen molar-refractivity contribution in [2.24, 2.45) is 0 Å². The molecule has 1 aromatic carbocycles. The largest absolute Gasteiger partial charge is 0.398 e. The second-order valence-corrected chi connectivity index (χ2v) is 6.79. The van der Waals surface area contributed by atoms with E-state index in [1.165, 1.54) is 12.1 Å². The Morgan fingerprint density at radius 1 is 1.29 bits per heavy atom. The molecule has 2 nitrogen and oxygen atoms in total. The Morgan fingerprint density at radius 2 is 1.93 bits per heavy atom. The van der Waals surface area contributed by atoms with E-state index in [2.05, 4.69) is 0 Å². The van der Waals surface area contributed by atoms with Crippen molar-refractivity contribution in [3.8, 4) is 0 Å². The zero-order chi connectivity index (χ0) is 10.6. The Kier molecular flexibility index (Phi) is 3.80. The summed E-state index contributed by atoms with van der Waals surface area (Å²) in [6.45, 7) is 1.96. The molecule has 0 fully saturated rings. The van der Waals surface area contributed by atoms with Gasteiger partial charge in [-0.05, 0) is 24.2 Å². The highest BCUT2D eigenvalue weighted by Gasteiger charge is 2.28. The summed E-state index contributed by atoms with van der Waals surface area (Å²) in [7, 11) is 1.14. The Morgan fingerprint density at radius 3 is 2.43 bits per heavy atom. The molecule has 0 amide bonds. The lowest BCUT2D eigenvalue weighted by atomic mass is 10.2. The molecule has 0 unspecified atom stereocenters. The van der Waals surface area contributed by atoms with Gasteiger partial charge in [0.05, 0.1) is 0 Å². The molecule has 4 heteroatoms. The van der Waals surface area contributed by atoms with Crippen LogP contribution in [0.1, 0.15) is 5.56 Å². The van der Waals surface area contributed by atoms with Gasteiger partial charge in [-0.25, -0.2) is 4.39 Å². The van der Waals surface area contributed by atoms with Crippen molar-refractivity contribution >= 4 is 8.56 Å².